The van der Waals surface area contributed by atoms with E-state index >= 15 is 0 Å². The Bertz CT molecular complexity index is 581. The third kappa shape index (κ3) is 6.27. The second-order valence-corrected chi connectivity index (χ2v) is 5.89. The highest BCUT2D eigenvalue weighted by Gasteiger charge is 2.00. The first-order chi connectivity index (χ1) is 11.3. The minimum Gasteiger partial charge on any atom is -0.269 e. The lowest BCUT2D eigenvalue weighted by Crippen LogP contribution is -2.32. The molecule has 2 aromatic rings. The van der Waals surface area contributed by atoms with Crippen LogP contribution in [-0.2, 0) is 6.54 Å². The molecule has 0 atom stereocenters. The number of pyridine rings is 1. The fourth-order valence-electron chi connectivity index (χ4n) is 2.47. The topological polar surface area (TPSA) is 19.5 Å². The van der Waals surface area contributed by atoms with Crippen molar-refractivity contribution in [2.24, 2.45) is 5.10 Å². The molecule has 0 saturated heterocycles. The van der Waals surface area contributed by atoms with Gasteiger partial charge in [-0.25, -0.2) is 4.57 Å². The summed E-state index contributed by atoms with van der Waals surface area (Å²) in [5, 5.41) is 6.37. The number of aryl methyl sites for hydroxylation is 1. The van der Waals surface area contributed by atoms with Gasteiger partial charge in [-0.1, -0.05) is 37.4 Å². The molecule has 0 amide bonds. The maximum absolute atomic E-state index is 4.49. The molecule has 0 aliphatic carbocycles. The number of nitrogens with zero attached hydrogens (tertiary/aromatic N) is 3. The van der Waals surface area contributed by atoms with E-state index in [-0.39, 0.29) is 0 Å². The van der Waals surface area contributed by atoms with Gasteiger partial charge in [-0.3, -0.25) is 5.01 Å². The molecule has 0 bridgehead atoms. The van der Waals surface area contributed by atoms with E-state index in [1.807, 2.05) is 36.5 Å². The van der Waals surface area contributed by atoms with Crippen molar-refractivity contribution < 1.29 is 4.57 Å². The second kappa shape index (κ2) is 9.83. The fraction of sp³-hybridized carbons (Fsp3) is 0.368. The van der Waals surface area contributed by atoms with Crippen molar-refractivity contribution in [1.29, 1.82) is 0 Å². The molecular weight excluding hydrogens is 281 g/mol. The van der Waals surface area contributed by atoms with Gasteiger partial charge in [0.15, 0.2) is 12.4 Å². The Kier molecular flexibility index (Phi) is 7.38. The maximum Gasteiger partial charge on any atom is 0.169 e. The quantitative estimate of drug-likeness (QED) is 0.229. The number of para-hydroxylation sites is 1. The molecule has 1 heterocycles. The molecular formula is C19H27BN3+. The monoisotopic (exact) mass is 308 g/mol. The third-order valence-electron chi connectivity index (χ3n) is 3.95. The summed E-state index contributed by atoms with van der Waals surface area (Å²) >= 11 is 0. The number of unbranched alkanes of at least 4 members (excludes halogenated alkanes) is 3. The summed E-state index contributed by atoms with van der Waals surface area (Å²) in [6.07, 6.45) is 12.8. The molecule has 0 saturated carbocycles. The van der Waals surface area contributed by atoms with E-state index in [0.717, 1.165) is 17.8 Å². The van der Waals surface area contributed by atoms with Crippen molar-refractivity contribution in [3.63, 3.8) is 0 Å². The molecule has 120 valence electrons. The second-order valence-electron chi connectivity index (χ2n) is 5.89. The molecule has 3 nitrogen and oxygen atoms in total. The van der Waals surface area contributed by atoms with E-state index in [1.165, 1.54) is 32.0 Å². The number of hydrogen-bond acceptors (Lipinski definition) is 2. The maximum atomic E-state index is 4.49. The summed E-state index contributed by atoms with van der Waals surface area (Å²) in [5.74, 6) is 0. The van der Waals surface area contributed by atoms with Gasteiger partial charge in [-0.2, -0.15) is 5.10 Å². The van der Waals surface area contributed by atoms with Crippen LogP contribution in [0.5, 0.6) is 0 Å². The highest BCUT2D eigenvalue weighted by Crippen LogP contribution is 2.10. The zero-order valence-corrected chi connectivity index (χ0v) is 14.4. The molecule has 0 unspecified atom stereocenters. The first kappa shape index (κ1) is 17.3. The molecule has 0 aliphatic heterocycles. The van der Waals surface area contributed by atoms with Gasteiger partial charge >= 0.3 is 0 Å². The molecule has 2 rings (SSSR count). The fourth-order valence-corrected chi connectivity index (χ4v) is 2.47. The summed E-state index contributed by atoms with van der Waals surface area (Å²) in [4.78, 5) is 0. The minimum atomic E-state index is 1.09. The molecule has 0 radical (unpaired) electrons. The Hall–Kier alpha value is -2.10. The lowest BCUT2D eigenvalue weighted by molar-refractivity contribution is -0.697. The number of hydrogen-bond donors (Lipinski definition) is 0. The van der Waals surface area contributed by atoms with E-state index in [4.69, 9.17) is 0 Å². The number of anilines is 1. The highest BCUT2D eigenvalue weighted by atomic mass is 15.4. The van der Waals surface area contributed by atoms with E-state index in [1.54, 1.807) is 0 Å². The van der Waals surface area contributed by atoms with Crippen LogP contribution in [0, 0.1) is 0 Å². The van der Waals surface area contributed by atoms with Crippen molar-refractivity contribution in [2.75, 3.05) is 12.1 Å². The molecule has 0 N–H and O–H groups in total. The number of rotatable bonds is 9. The molecule has 1 aromatic carbocycles. The lowest BCUT2D eigenvalue weighted by Gasteiger charge is -2.11. The molecule has 23 heavy (non-hydrogen) atoms. The predicted molar refractivity (Wildman–Crippen MR) is 101 cm³/mol. The van der Waals surface area contributed by atoms with E-state index in [9.17, 15) is 0 Å². The van der Waals surface area contributed by atoms with Gasteiger partial charge in [-0.05, 0) is 18.6 Å². The van der Waals surface area contributed by atoms with Crippen molar-refractivity contribution in [2.45, 2.75) is 38.5 Å². The minimum absolute atomic E-state index is 1.09. The van der Waals surface area contributed by atoms with Crippen LogP contribution in [0.15, 0.2) is 60.0 Å². The van der Waals surface area contributed by atoms with Crippen LogP contribution >= 0.6 is 0 Å². The Morgan fingerprint density at radius 3 is 2.39 bits per heavy atom. The molecule has 0 aliphatic rings. The largest absolute Gasteiger partial charge is 0.269 e. The first-order valence-corrected chi connectivity index (χ1v) is 8.61. The van der Waals surface area contributed by atoms with Crippen molar-refractivity contribution in [3.05, 3.63) is 60.4 Å². The number of benzene rings is 1. The SMILES string of the molecule is BCCCCCC[n+]1ccc(/C=N/N(C)c2ccccc2)cc1. The van der Waals surface area contributed by atoms with Gasteiger partial charge in [0.2, 0.25) is 0 Å². The standard InChI is InChI=1S/C19H27BN3/c1-22(19-9-5-4-6-10-19)21-17-18-11-15-23(16-12-18)14-8-3-2-7-13-20/h4-6,9-12,15-17H,2-3,7-8,13-14,20H2,1H3/q+1. The van der Waals surface area contributed by atoms with Gasteiger partial charge in [0.25, 0.3) is 0 Å². The van der Waals surface area contributed by atoms with Crippen LogP contribution in [0.4, 0.5) is 5.69 Å². The number of aromatic nitrogens is 1. The summed E-state index contributed by atoms with van der Waals surface area (Å²) in [5.41, 5.74) is 2.21. The van der Waals surface area contributed by atoms with Gasteiger partial charge in [0.1, 0.15) is 14.4 Å². The summed E-state index contributed by atoms with van der Waals surface area (Å²) < 4.78 is 2.25. The average molecular weight is 308 g/mol. The van der Waals surface area contributed by atoms with Crippen molar-refractivity contribution >= 4 is 19.7 Å². The zero-order chi connectivity index (χ0) is 16.3. The Morgan fingerprint density at radius 2 is 1.70 bits per heavy atom. The lowest BCUT2D eigenvalue weighted by atomic mass is 9.99. The first-order valence-electron chi connectivity index (χ1n) is 8.61. The van der Waals surface area contributed by atoms with Crippen molar-refractivity contribution in [1.82, 2.24) is 0 Å². The van der Waals surface area contributed by atoms with E-state index < -0.39 is 0 Å². The van der Waals surface area contributed by atoms with Gasteiger partial charge in [-0.15, -0.1) is 0 Å². The van der Waals surface area contributed by atoms with Crippen LogP contribution in [0.3, 0.4) is 0 Å². The predicted octanol–water partition coefficient (Wildman–Crippen LogP) is 3.06. The molecule has 0 fully saturated rings. The molecule has 1 aromatic heterocycles. The van der Waals surface area contributed by atoms with E-state index in [2.05, 4.69) is 54.2 Å². The number of hydrazone groups is 1. The Labute approximate surface area is 141 Å². The smallest absolute Gasteiger partial charge is 0.169 e. The van der Waals surface area contributed by atoms with Gasteiger partial charge in [0, 0.05) is 31.2 Å². The van der Waals surface area contributed by atoms with Crippen molar-refractivity contribution in [3.8, 4) is 0 Å². The Balaban J connectivity index is 1.81. The summed E-state index contributed by atoms with van der Waals surface area (Å²) in [6.45, 7) is 1.10. The average Bonchev–Trinajstić information content (AvgIpc) is 2.61. The van der Waals surface area contributed by atoms with Gasteiger partial charge < -0.3 is 0 Å². The van der Waals surface area contributed by atoms with Crippen LogP contribution in [-0.4, -0.2) is 21.1 Å². The van der Waals surface area contributed by atoms with E-state index in [0.29, 0.717) is 0 Å². The summed E-state index contributed by atoms with van der Waals surface area (Å²) in [7, 11) is 4.22. The summed E-state index contributed by atoms with van der Waals surface area (Å²) in [6, 6.07) is 14.4. The highest BCUT2D eigenvalue weighted by molar-refractivity contribution is 6.08. The Morgan fingerprint density at radius 1 is 1.00 bits per heavy atom. The van der Waals surface area contributed by atoms with Gasteiger partial charge in [0.05, 0.1) is 11.9 Å². The van der Waals surface area contributed by atoms with Crippen LogP contribution in [0.1, 0.15) is 31.2 Å². The normalized spacial score (nSPS) is 11.0. The molecule has 0 spiro atoms. The zero-order valence-electron chi connectivity index (χ0n) is 14.4. The third-order valence-corrected chi connectivity index (χ3v) is 3.95. The van der Waals surface area contributed by atoms with Crippen LogP contribution in [0.2, 0.25) is 6.32 Å². The molecule has 4 heteroatoms. The van der Waals surface area contributed by atoms with Crippen LogP contribution < -0.4 is 9.58 Å². The van der Waals surface area contributed by atoms with Crippen LogP contribution in [0.25, 0.3) is 0 Å².